The summed E-state index contributed by atoms with van der Waals surface area (Å²) in [4.78, 5) is 99.1. The van der Waals surface area contributed by atoms with E-state index >= 15 is 0 Å². The van der Waals surface area contributed by atoms with Crippen LogP contribution >= 0.6 is 15.6 Å². The Bertz CT molecular complexity index is 2240. The number of carbonyl (C=O) groups excluding carboxylic acids is 6. The van der Waals surface area contributed by atoms with Gasteiger partial charge in [0.15, 0.2) is 0 Å². The zero-order chi connectivity index (χ0) is 80.8. The zero-order valence-corrected chi connectivity index (χ0v) is 72.7. The SMILES string of the molecule is CCCCCCCCCCCCCC(=O)O[C@@H](COCC[C@@H](CCCCCCC)OC(=O)CCCCCCCCCCC)COP(=O)(O)OCCCNC(=O)CC(=O)NCCOP(=O)(O)OC[C@H](COCC[C@@H](CCCCCCC)OC(=O)CCCCCCCCCCC)OC(=O)CCCCCCCCCCCCC. The maximum absolute atomic E-state index is 13.2. The molecule has 0 aliphatic heterocycles. The first-order valence-corrected chi connectivity index (χ1v) is 48.1. The number of rotatable bonds is 87. The Morgan fingerprint density at radius 3 is 0.800 bits per heavy atom. The maximum atomic E-state index is 13.2. The molecule has 0 saturated heterocycles. The van der Waals surface area contributed by atoms with E-state index in [9.17, 15) is 47.7 Å². The molecule has 0 aromatic heterocycles. The van der Waals surface area contributed by atoms with Crippen molar-refractivity contribution in [1.82, 2.24) is 10.6 Å². The first kappa shape index (κ1) is 107. The van der Waals surface area contributed by atoms with Crippen molar-refractivity contribution in [3.63, 3.8) is 0 Å². The van der Waals surface area contributed by atoms with Gasteiger partial charge in [-0.3, -0.25) is 46.9 Å². The molecule has 0 heterocycles. The minimum atomic E-state index is -4.76. The summed E-state index contributed by atoms with van der Waals surface area (Å²) in [6, 6.07) is 0. The Kier molecular flexibility index (Phi) is 77.6. The molecular formula is C86H166N2O20P2. The van der Waals surface area contributed by atoms with Gasteiger partial charge < -0.3 is 48.8 Å². The lowest BCUT2D eigenvalue weighted by Gasteiger charge is -2.21. The summed E-state index contributed by atoms with van der Waals surface area (Å²) < 4.78 is 82.7. The molecule has 0 aliphatic carbocycles. The number of ether oxygens (including phenoxy) is 6. The lowest BCUT2D eigenvalue weighted by molar-refractivity contribution is -0.156. The molecule has 0 radical (unpaired) electrons. The van der Waals surface area contributed by atoms with Crippen LogP contribution in [0.15, 0.2) is 0 Å². The Hall–Kier alpha value is -3.04. The third-order valence-electron chi connectivity index (χ3n) is 19.9. The van der Waals surface area contributed by atoms with Crippen LogP contribution in [0.3, 0.4) is 0 Å². The Morgan fingerprint density at radius 1 is 0.264 bits per heavy atom. The highest BCUT2D eigenvalue weighted by Crippen LogP contribution is 2.44. The third-order valence-corrected chi connectivity index (χ3v) is 21.9. The minimum absolute atomic E-state index is 0.0308. The van der Waals surface area contributed by atoms with Crippen molar-refractivity contribution in [2.45, 2.75) is 451 Å². The lowest BCUT2D eigenvalue weighted by atomic mass is 10.1. The summed E-state index contributed by atoms with van der Waals surface area (Å²) in [5.41, 5.74) is 0. The van der Waals surface area contributed by atoms with Crippen LogP contribution in [0.4, 0.5) is 0 Å². The molecule has 0 spiro atoms. The van der Waals surface area contributed by atoms with Crippen molar-refractivity contribution >= 4 is 51.3 Å². The Balaban J connectivity index is 5.46. The van der Waals surface area contributed by atoms with Gasteiger partial charge in [0.2, 0.25) is 11.8 Å². The maximum Gasteiger partial charge on any atom is 0.472 e. The first-order valence-electron chi connectivity index (χ1n) is 45.1. The monoisotopic (exact) mass is 1610 g/mol. The smallest absolute Gasteiger partial charge is 0.462 e. The van der Waals surface area contributed by atoms with E-state index in [-0.39, 0.29) is 89.5 Å². The van der Waals surface area contributed by atoms with Gasteiger partial charge in [0.05, 0.1) is 52.9 Å². The van der Waals surface area contributed by atoms with Crippen LogP contribution in [-0.4, -0.2) is 136 Å². The van der Waals surface area contributed by atoms with Crippen LogP contribution in [0, 0.1) is 0 Å². The predicted octanol–water partition coefficient (Wildman–Crippen LogP) is 22.7. The Morgan fingerprint density at radius 2 is 0.509 bits per heavy atom. The van der Waals surface area contributed by atoms with Gasteiger partial charge >= 0.3 is 39.5 Å². The van der Waals surface area contributed by atoms with E-state index in [2.05, 4.69) is 52.2 Å². The highest BCUT2D eigenvalue weighted by molar-refractivity contribution is 7.47. The van der Waals surface area contributed by atoms with Crippen molar-refractivity contribution in [1.29, 1.82) is 0 Å². The van der Waals surface area contributed by atoms with Gasteiger partial charge in [-0.05, 0) is 57.8 Å². The molecule has 4 N–H and O–H groups in total. The molecular weight excluding hydrogens is 1440 g/mol. The predicted molar refractivity (Wildman–Crippen MR) is 442 cm³/mol. The van der Waals surface area contributed by atoms with Crippen LogP contribution in [0.2, 0.25) is 0 Å². The molecule has 2 unspecified atom stereocenters. The van der Waals surface area contributed by atoms with Crippen LogP contribution in [-0.2, 0) is 84.4 Å². The van der Waals surface area contributed by atoms with Crippen molar-refractivity contribution in [2.75, 3.05) is 65.9 Å². The zero-order valence-electron chi connectivity index (χ0n) is 70.9. The van der Waals surface area contributed by atoms with Crippen LogP contribution in [0.25, 0.3) is 0 Å². The molecule has 24 heteroatoms. The average Bonchev–Trinajstić information content (AvgIpc) is 0.918. The van der Waals surface area contributed by atoms with Crippen LogP contribution in [0.5, 0.6) is 0 Å². The van der Waals surface area contributed by atoms with Gasteiger partial charge in [-0.15, -0.1) is 0 Å². The Labute approximate surface area is 670 Å². The number of esters is 4. The van der Waals surface area contributed by atoms with Crippen molar-refractivity contribution in [3.8, 4) is 0 Å². The summed E-state index contributed by atoms with van der Waals surface area (Å²) in [6.45, 7) is 11.2. The minimum Gasteiger partial charge on any atom is -0.462 e. The quantitative estimate of drug-likeness (QED) is 0.0145. The topological polar surface area (TPSA) is 293 Å². The first-order chi connectivity index (χ1) is 53.4. The van der Waals surface area contributed by atoms with Gasteiger partial charge in [-0.1, -0.05) is 324 Å². The van der Waals surface area contributed by atoms with Gasteiger partial charge in [-0.2, -0.15) is 0 Å². The highest BCUT2D eigenvalue weighted by atomic mass is 31.2. The standard InChI is InChI=1S/C86H166N2O20P2/c1-7-13-19-25-29-33-35-39-43-49-55-62-85(93)107-79(73-99-69-64-77(58-51-45-23-17-11-5)105-83(91)60-53-47-41-37-31-27-21-15-9-3)75-103-109(95,96)101-68-57-66-87-81(89)72-82(90)88-67-71-102-110(97,98)104-76-80(108-86(94)63-56-50-44-40-36-34-30-26-20-14-8-2)74-100-70-65-78(59-52-46-24-18-12-6)106-84(92)61-54-48-42-38-32-28-22-16-10-4/h77-80H,7-76H2,1-6H3,(H,87,89)(H,88,90)(H,95,96)(H,97,98)/t77-,78-,79+,80+/m1/s1. The number of nitrogens with one attached hydrogen (secondary N) is 2. The second-order valence-corrected chi connectivity index (χ2v) is 33.6. The van der Waals surface area contributed by atoms with E-state index in [1.165, 1.54) is 167 Å². The normalized spacial score (nSPS) is 13.8. The van der Waals surface area contributed by atoms with E-state index in [4.69, 9.17) is 46.5 Å². The van der Waals surface area contributed by atoms with Gasteiger partial charge in [0.25, 0.3) is 0 Å². The number of hydrogen-bond acceptors (Lipinski definition) is 18. The van der Waals surface area contributed by atoms with Crippen LogP contribution < -0.4 is 10.6 Å². The molecule has 650 valence electrons. The molecule has 0 saturated carbocycles. The number of amides is 2. The van der Waals surface area contributed by atoms with Crippen molar-refractivity contribution in [3.05, 3.63) is 0 Å². The summed E-state index contributed by atoms with van der Waals surface area (Å²) >= 11 is 0. The highest BCUT2D eigenvalue weighted by Gasteiger charge is 2.28. The van der Waals surface area contributed by atoms with Gasteiger partial charge in [0, 0.05) is 51.6 Å². The van der Waals surface area contributed by atoms with Gasteiger partial charge in [0.1, 0.15) is 30.8 Å². The number of phosphoric acid groups is 2. The molecule has 22 nitrogen and oxygen atoms in total. The van der Waals surface area contributed by atoms with E-state index in [1.807, 2.05) is 0 Å². The van der Waals surface area contributed by atoms with E-state index in [0.29, 0.717) is 51.4 Å². The average molecular weight is 1610 g/mol. The molecule has 6 atom stereocenters. The fourth-order valence-electron chi connectivity index (χ4n) is 13.1. The molecule has 0 fully saturated rings. The second-order valence-electron chi connectivity index (χ2n) is 30.7. The molecule has 0 bridgehead atoms. The van der Waals surface area contributed by atoms with Gasteiger partial charge in [-0.25, -0.2) is 9.13 Å². The number of unbranched alkanes of at least 4 members (excludes halogenated alkanes) is 44. The number of carbonyl (C=O) groups is 6. The number of phosphoric ester groups is 2. The fraction of sp³-hybridized carbons (Fsp3) is 0.930. The van der Waals surface area contributed by atoms with Crippen molar-refractivity contribution < 1.29 is 94.2 Å². The summed E-state index contributed by atoms with van der Waals surface area (Å²) in [7, 11) is -9.45. The molecule has 0 aliphatic rings. The largest absolute Gasteiger partial charge is 0.472 e. The summed E-state index contributed by atoms with van der Waals surface area (Å²) in [5.74, 6) is -2.76. The third kappa shape index (κ3) is 76.3. The molecule has 2 amide bonds. The fourth-order valence-corrected chi connectivity index (χ4v) is 14.6. The summed E-state index contributed by atoms with van der Waals surface area (Å²) in [6.07, 6.45) is 56.1. The van der Waals surface area contributed by atoms with E-state index in [0.717, 1.165) is 141 Å². The molecule has 0 aromatic carbocycles. The molecule has 0 aromatic rings. The number of hydrogen-bond donors (Lipinski definition) is 4. The lowest BCUT2D eigenvalue weighted by Crippen LogP contribution is -2.34. The summed E-state index contributed by atoms with van der Waals surface area (Å²) in [5, 5.41) is 5.01. The molecule has 0 rings (SSSR count). The molecule has 110 heavy (non-hydrogen) atoms. The van der Waals surface area contributed by atoms with Crippen molar-refractivity contribution in [2.24, 2.45) is 0 Å². The second kappa shape index (κ2) is 79.8. The van der Waals surface area contributed by atoms with Crippen LogP contribution in [0.1, 0.15) is 427 Å². The van der Waals surface area contributed by atoms with E-state index < -0.39 is 77.8 Å². The van der Waals surface area contributed by atoms with E-state index in [1.54, 1.807) is 0 Å².